The molecule has 4 nitrogen and oxygen atoms in total. The highest BCUT2D eigenvalue weighted by Gasteiger charge is 2.28. The number of methoxy groups -OCH3 is 1. The van der Waals surface area contributed by atoms with E-state index in [0.29, 0.717) is 18.9 Å². The molecular formula is C17H25NO3. The van der Waals surface area contributed by atoms with Crippen LogP contribution in [0.5, 0.6) is 5.75 Å². The first-order chi connectivity index (χ1) is 10.4. The quantitative estimate of drug-likeness (QED) is 0.834. The molecule has 0 amide bonds. The van der Waals surface area contributed by atoms with Gasteiger partial charge in [-0.25, -0.2) is 0 Å². The van der Waals surface area contributed by atoms with E-state index in [1.54, 1.807) is 7.11 Å². The molecule has 4 heteroatoms. The summed E-state index contributed by atoms with van der Waals surface area (Å²) in [5.41, 5.74) is 1.31. The molecule has 2 aliphatic rings. The number of benzene rings is 1. The Morgan fingerprint density at radius 1 is 1.29 bits per heavy atom. The highest BCUT2D eigenvalue weighted by Crippen LogP contribution is 2.26. The Kier molecular flexibility index (Phi) is 5.12. The van der Waals surface area contributed by atoms with Crippen LogP contribution in [0.4, 0.5) is 0 Å². The van der Waals surface area contributed by atoms with Crippen molar-refractivity contribution in [2.75, 3.05) is 33.6 Å². The maximum absolute atomic E-state index is 5.69. The van der Waals surface area contributed by atoms with Crippen LogP contribution in [-0.4, -0.2) is 50.6 Å². The molecule has 1 aromatic rings. The summed E-state index contributed by atoms with van der Waals surface area (Å²) in [5, 5.41) is 0. The molecule has 2 atom stereocenters. The summed E-state index contributed by atoms with van der Waals surface area (Å²) in [6.45, 7) is 3.50. The highest BCUT2D eigenvalue weighted by atomic mass is 16.7. The van der Waals surface area contributed by atoms with Crippen LogP contribution < -0.4 is 4.74 Å². The van der Waals surface area contributed by atoms with Gasteiger partial charge in [0.15, 0.2) is 0 Å². The third-order valence-electron chi connectivity index (χ3n) is 4.56. The second-order valence-electron chi connectivity index (χ2n) is 5.91. The Hall–Kier alpha value is -1.10. The minimum absolute atomic E-state index is 0.331. The van der Waals surface area contributed by atoms with E-state index in [-0.39, 0.29) is 0 Å². The molecule has 2 heterocycles. The lowest BCUT2D eigenvalue weighted by atomic mass is 10.0. The summed E-state index contributed by atoms with van der Waals surface area (Å²) in [6.07, 6.45) is 4.95. The van der Waals surface area contributed by atoms with E-state index in [2.05, 4.69) is 23.1 Å². The van der Waals surface area contributed by atoms with Crippen molar-refractivity contribution in [3.8, 4) is 5.75 Å². The largest absolute Gasteiger partial charge is 0.496 e. The SMILES string of the molecule is COc1ccccc1C[C@@H]1CCCN1C[C@H]1CCOCO1. The molecule has 0 saturated carbocycles. The van der Waals surface area contributed by atoms with Gasteiger partial charge < -0.3 is 14.2 Å². The average molecular weight is 291 g/mol. The van der Waals surface area contributed by atoms with Crippen LogP contribution in [0.15, 0.2) is 24.3 Å². The summed E-state index contributed by atoms with van der Waals surface area (Å²) in [4.78, 5) is 2.59. The molecule has 0 unspecified atom stereocenters. The fourth-order valence-electron chi connectivity index (χ4n) is 3.40. The lowest BCUT2D eigenvalue weighted by Gasteiger charge is -2.31. The second kappa shape index (κ2) is 7.25. The smallest absolute Gasteiger partial charge is 0.147 e. The molecule has 2 fully saturated rings. The maximum Gasteiger partial charge on any atom is 0.147 e. The highest BCUT2D eigenvalue weighted by molar-refractivity contribution is 5.34. The van der Waals surface area contributed by atoms with Gasteiger partial charge in [-0.05, 0) is 43.9 Å². The zero-order valence-corrected chi connectivity index (χ0v) is 12.8. The number of rotatable bonds is 5. The summed E-state index contributed by atoms with van der Waals surface area (Å²) in [5.74, 6) is 1.01. The van der Waals surface area contributed by atoms with Crippen molar-refractivity contribution in [2.45, 2.75) is 37.8 Å². The Morgan fingerprint density at radius 3 is 3.00 bits per heavy atom. The standard InChI is InChI=1S/C17H25NO3/c1-19-17-7-3-2-5-14(17)11-15-6-4-9-18(15)12-16-8-10-20-13-21-16/h2-3,5,7,15-16H,4,6,8-13H2,1H3/t15-,16+/m0/s1. The van der Waals surface area contributed by atoms with Gasteiger partial charge in [0, 0.05) is 12.6 Å². The molecule has 0 aromatic heterocycles. The van der Waals surface area contributed by atoms with Gasteiger partial charge in [-0.15, -0.1) is 0 Å². The number of hydrogen-bond donors (Lipinski definition) is 0. The third-order valence-corrected chi connectivity index (χ3v) is 4.56. The Bertz CT molecular complexity index is 445. The fraction of sp³-hybridized carbons (Fsp3) is 0.647. The van der Waals surface area contributed by atoms with Gasteiger partial charge in [-0.2, -0.15) is 0 Å². The predicted molar refractivity (Wildman–Crippen MR) is 81.6 cm³/mol. The minimum Gasteiger partial charge on any atom is -0.496 e. The van der Waals surface area contributed by atoms with Crippen molar-refractivity contribution >= 4 is 0 Å². The first-order valence-electron chi connectivity index (χ1n) is 7.92. The molecule has 2 aliphatic heterocycles. The molecule has 0 aliphatic carbocycles. The van der Waals surface area contributed by atoms with E-state index in [0.717, 1.165) is 31.7 Å². The molecule has 0 N–H and O–H groups in total. The van der Waals surface area contributed by atoms with Gasteiger partial charge in [0.2, 0.25) is 0 Å². The lowest BCUT2D eigenvalue weighted by molar-refractivity contribution is -0.145. The molecule has 21 heavy (non-hydrogen) atoms. The number of para-hydroxylation sites is 1. The van der Waals surface area contributed by atoms with Gasteiger partial charge in [-0.3, -0.25) is 4.90 Å². The fourth-order valence-corrected chi connectivity index (χ4v) is 3.40. The zero-order valence-electron chi connectivity index (χ0n) is 12.8. The van der Waals surface area contributed by atoms with Gasteiger partial charge in [0.1, 0.15) is 12.5 Å². The van der Waals surface area contributed by atoms with E-state index < -0.39 is 0 Å². The van der Waals surface area contributed by atoms with Crippen LogP contribution in [0, 0.1) is 0 Å². The van der Waals surface area contributed by atoms with Crippen molar-refractivity contribution in [1.82, 2.24) is 4.90 Å². The van der Waals surface area contributed by atoms with Crippen molar-refractivity contribution in [3.63, 3.8) is 0 Å². The van der Waals surface area contributed by atoms with Gasteiger partial charge in [0.25, 0.3) is 0 Å². The van der Waals surface area contributed by atoms with Crippen molar-refractivity contribution in [1.29, 1.82) is 0 Å². The Labute approximate surface area is 127 Å². The summed E-state index contributed by atoms with van der Waals surface area (Å²) in [6, 6.07) is 8.97. The molecule has 116 valence electrons. The van der Waals surface area contributed by atoms with Crippen LogP contribution in [0.2, 0.25) is 0 Å². The van der Waals surface area contributed by atoms with Crippen molar-refractivity contribution in [2.24, 2.45) is 0 Å². The van der Waals surface area contributed by atoms with E-state index >= 15 is 0 Å². The first kappa shape index (κ1) is 14.8. The average Bonchev–Trinajstić information content (AvgIpc) is 2.96. The van der Waals surface area contributed by atoms with Crippen LogP contribution in [0.25, 0.3) is 0 Å². The topological polar surface area (TPSA) is 30.9 Å². The number of likely N-dealkylation sites (tertiary alicyclic amines) is 1. The molecule has 0 spiro atoms. The third kappa shape index (κ3) is 3.76. The van der Waals surface area contributed by atoms with Gasteiger partial charge in [-0.1, -0.05) is 18.2 Å². The Balaban J connectivity index is 1.61. The van der Waals surface area contributed by atoms with Crippen LogP contribution in [0.3, 0.4) is 0 Å². The van der Waals surface area contributed by atoms with E-state index in [1.807, 2.05) is 6.07 Å². The summed E-state index contributed by atoms with van der Waals surface area (Å²) < 4.78 is 16.4. The summed E-state index contributed by atoms with van der Waals surface area (Å²) in [7, 11) is 1.75. The van der Waals surface area contributed by atoms with Crippen LogP contribution in [0.1, 0.15) is 24.8 Å². The lowest BCUT2D eigenvalue weighted by Crippen LogP contribution is -2.40. The second-order valence-corrected chi connectivity index (χ2v) is 5.91. The number of ether oxygens (including phenoxy) is 3. The molecular weight excluding hydrogens is 266 g/mol. The normalized spacial score (nSPS) is 26.9. The van der Waals surface area contributed by atoms with E-state index in [4.69, 9.17) is 14.2 Å². The zero-order chi connectivity index (χ0) is 14.5. The first-order valence-corrected chi connectivity index (χ1v) is 7.92. The molecule has 3 rings (SSSR count). The Morgan fingerprint density at radius 2 is 2.19 bits per heavy atom. The molecule has 0 bridgehead atoms. The van der Waals surface area contributed by atoms with Crippen molar-refractivity contribution < 1.29 is 14.2 Å². The molecule has 0 radical (unpaired) electrons. The summed E-state index contributed by atoms with van der Waals surface area (Å²) >= 11 is 0. The predicted octanol–water partition coefficient (Wildman–Crippen LogP) is 2.47. The molecule has 1 aromatic carbocycles. The van der Waals surface area contributed by atoms with Gasteiger partial charge >= 0.3 is 0 Å². The number of hydrogen-bond acceptors (Lipinski definition) is 4. The van der Waals surface area contributed by atoms with E-state index in [1.165, 1.54) is 24.9 Å². The maximum atomic E-state index is 5.69. The van der Waals surface area contributed by atoms with Gasteiger partial charge in [0.05, 0.1) is 19.8 Å². The number of nitrogens with zero attached hydrogens (tertiary/aromatic N) is 1. The van der Waals surface area contributed by atoms with Crippen molar-refractivity contribution in [3.05, 3.63) is 29.8 Å². The van der Waals surface area contributed by atoms with Crippen LogP contribution >= 0.6 is 0 Å². The minimum atomic E-state index is 0.331. The monoisotopic (exact) mass is 291 g/mol. The van der Waals surface area contributed by atoms with E-state index in [9.17, 15) is 0 Å². The van der Waals surface area contributed by atoms with Crippen LogP contribution in [-0.2, 0) is 15.9 Å². The molecule has 2 saturated heterocycles.